The molecule has 0 aromatic heterocycles. The summed E-state index contributed by atoms with van der Waals surface area (Å²) in [5, 5.41) is 8.57. The quantitative estimate of drug-likeness (QED) is 0.365. The maximum absolute atomic E-state index is 14.3. The van der Waals surface area contributed by atoms with E-state index in [0.29, 0.717) is 0 Å². The Morgan fingerprint density at radius 2 is 0.978 bits per heavy atom. The van der Waals surface area contributed by atoms with Crippen molar-refractivity contribution in [2.45, 2.75) is 118 Å². The third-order valence-electron chi connectivity index (χ3n) is 7.87. The fourth-order valence-corrected chi connectivity index (χ4v) is 5.61. The molecule has 5 atom stereocenters. The summed E-state index contributed by atoms with van der Waals surface area (Å²) >= 11 is 0. The Bertz CT molecular complexity index is 1200. The highest BCUT2D eigenvalue weighted by Crippen LogP contribution is 2.19. The molecule has 0 unspecified atom stereocenters. The van der Waals surface area contributed by atoms with E-state index < -0.39 is 73.8 Å². The molecule has 10 heteroatoms. The number of nitrogens with zero attached hydrogens (tertiary/aromatic N) is 2. The highest BCUT2D eigenvalue weighted by molar-refractivity contribution is 5.98. The Morgan fingerprint density at radius 3 is 1.44 bits per heavy atom. The molecule has 1 fully saturated rings. The van der Waals surface area contributed by atoms with Gasteiger partial charge in [0.25, 0.3) is 0 Å². The van der Waals surface area contributed by atoms with E-state index in [0.717, 1.165) is 10.5 Å². The SMILES string of the molecule is [2H]CN1C(=O)[C@H](CC(C)C)NC(=O)[C@@H](CC(C)C)NC(=O)[C@H](CC(C)C)N(C[2H])C(=O)[C@@H](CC(C)C)NC(=O)[C@@H]1Cc1ccccc1. The van der Waals surface area contributed by atoms with Crippen LogP contribution in [-0.4, -0.2) is 83.6 Å². The summed E-state index contributed by atoms with van der Waals surface area (Å²) in [6, 6.07) is 3.75. The van der Waals surface area contributed by atoms with Crippen LogP contribution in [-0.2, 0) is 30.4 Å². The molecule has 1 saturated heterocycles. The largest absolute Gasteiger partial charge is 0.343 e. The van der Waals surface area contributed by atoms with Crippen LogP contribution in [0.15, 0.2) is 30.3 Å². The lowest BCUT2D eigenvalue weighted by molar-refractivity contribution is -0.145. The lowest BCUT2D eigenvalue weighted by Gasteiger charge is -2.34. The fourth-order valence-electron chi connectivity index (χ4n) is 5.61. The van der Waals surface area contributed by atoms with Crippen LogP contribution in [0.1, 0.15) is 89.4 Å². The number of carbonyl (C=O) groups excluding carboxylic acids is 5. The molecule has 45 heavy (non-hydrogen) atoms. The molecule has 3 N–H and O–H groups in total. The molecule has 0 aliphatic carbocycles. The Morgan fingerprint density at radius 1 is 0.578 bits per heavy atom. The minimum atomic E-state index is -1.16. The van der Waals surface area contributed by atoms with Crippen molar-refractivity contribution in [1.82, 2.24) is 25.8 Å². The average Bonchev–Trinajstić information content (AvgIpc) is 2.98. The number of carbonyl (C=O) groups is 5. The smallest absolute Gasteiger partial charge is 0.245 e. The summed E-state index contributed by atoms with van der Waals surface area (Å²) in [5.74, 6) is -2.99. The summed E-state index contributed by atoms with van der Waals surface area (Å²) in [6.07, 6.45) is 1.08. The summed E-state index contributed by atoms with van der Waals surface area (Å²) in [7, 11) is -1.09. The Hall–Kier alpha value is -3.43. The Labute approximate surface area is 273 Å². The summed E-state index contributed by atoms with van der Waals surface area (Å²) in [6.45, 7) is 15.3. The van der Waals surface area contributed by atoms with Gasteiger partial charge < -0.3 is 25.8 Å². The monoisotopic (exact) mass is 629 g/mol. The summed E-state index contributed by atoms with van der Waals surface area (Å²) in [4.78, 5) is 72.9. The van der Waals surface area contributed by atoms with Gasteiger partial charge >= 0.3 is 0 Å². The molecule has 2 rings (SSSR count). The van der Waals surface area contributed by atoms with E-state index in [4.69, 9.17) is 2.74 Å². The van der Waals surface area contributed by atoms with Crippen molar-refractivity contribution in [3.05, 3.63) is 35.9 Å². The first-order valence-electron chi connectivity index (χ1n) is 17.6. The lowest BCUT2D eigenvalue weighted by atomic mass is 9.97. The predicted molar refractivity (Wildman–Crippen MR) is 177 cm³/mol. The molecule has 0 bridgehead atoms. The number of nitrogens with one attached hydrogen (secondary N) is 3. The summed E-state index contributed by atoms with van der Waals surface area (Å²) < 4.78 is 16.8. The van der Waals surface area contributed by atoms with Gasteiger partial charge in [0, 0.05) is 23.2 Å². The van der Waals surface area contributed by atoms with Gasteiger partial charge in [-0.15, -0.1) is 0 Å². The Kier molecular flexibility index (Phi) is 13.3. The average molecular weight is 630 g/mol. The van der Waals surface area contributed by atoms with Crippen LogP contribution in [0.25, 0.3) is 0 Å². The molecule has 0 spiro atoms. The summed E-state index contributed by atoms with van der Waals surface area (Å²) in [5.41, 5.74) is 0.754. The first-order chi connectivity index (χ1) is 22.1. The van der Waals surface area contributed by atoms with Gasteiger partial charge in [-0.3, -0.25) is 24.0 Å². The topological polar surface area (TPSA) is 128 Å². The third kappa shape index (κ3) is 11.5. The molecule has 1 heterocycles. The van der Waals surface area contributed by atoms with E-state index >= 15 is 0 Å². The van der Waals surface area contributed by atoms with Crippen molar-refractivity contribution in [2.75, 3.05) is 14.0 Å². The standard InChI is InChI=1S/C35H57N5O5/c1-21(2)16-26-31(41)37-27(17-22(3)4)34(44)40(10)30(20-25-14-12-11-13-15-25)33(43)38-28(18-23(5)6)35(45)39(9)29(19-24(7)8)32(42)36-26/h11-15,21-24,26-30H,16-20H2,1-10H3,(H,36,42)(H,37,41)(H,38,43)/t26-,27+,28-,29+,30+/m1/s1/i9D,10D. The van der Waals surface area contributed by atoms with Crippen LogP contribution in [0.3, 0.4) is 0 Å². The highest BCUT2D eigenvalue weighted by atomic mass is 16.2. The first-order valence-corrected chi connectivity index (χ1v) is 16.2. The van der Waals surface area contributed by atoms with E-state index in [1.54, 1.807) is 0 Å². The maximum atomic E-state index is 14.3. The van der Waals surface area contributed by atoms with Crippen molar-refractivity contribution in [1.29, 1.82) is 0 Å². The van der Waals surface area contributed by atoms with Gasteiger partial charge in [-0.25, -0.2) is 0 Å². The van der Waals surface area contributed by atoms with Gasteiger partial charge in [-0.2, -0.15) is 0 Å². The van der Waals surface area contributed by atoms with Crippen molar-refractivity contribution >= 4 is 29.5 Å². The van der Waals surface area contributed by atoms with Gasteiger partial charge in [-0.1, -0.05) is 85.7 Å². The van der Waals surface area contributed by atoms with Crippen LogP contribution >= 0.6 is 0 Å². The second kappa shape index (κ2) is 17.3. The van der Waals surface area contributed by atoms with Gasteiger partial charge in [0.15, 0.2) is 0 Å². The molecule has 10 nitrogen and oxygen atoms in total. The van der Waals surface area contributed by atoms with Crippen molar-refractivity contribution in [3.63, 3.8) is 0 Å². The molecule has 1 aromatic carbocycles. The number of benzene rings is 1. The predicted octanol–water partition coefficient (Wildman–Crippen LogP) is 3.54. The number of hydrogen-bond donors (Lipinski definition) is 3. The first kappa shape index (κ1) is 34.4. The van der Waals surface area contributed by atoms with Gasteiger partial charge in [0.1, 0.15) is 30.2 Å². The molecule has 252 valence electrons. The van der Waals surface area contributed by atoms with Crippen LogP contribution in [0.5, 0.6) is 0 Å². The minimum absolute atomic E-state index is 0.00193. The number of rotatable bonds is 10. The van der Waals surface area contributed by atoms with Gasteiger partial charge in [-0.05, 0) is 54.9 Å². The van der Waals surface area contributed by atoms with E-state index in [9.17, 15) is 24.0 Å². The van der Waals surface area contributed by atoms with Crippen LogP contribution < -0.4 is 16.0 Å². The normalized spacial score (nSPS) is 25.2. The number of hydrogen-bond acceptors (Lipinski definition) is 5. The molecule has 0 saturated carbocycles. The van der Waals surface area contributed by atoms with Crippen LogP contribution in [0.4, 0.5) is 0 Å². The fraction of sp³-hybridized carbons (Fsp3) is 0.686. The van der Waals surface area contributed by atoms with Crippen LogP contribution in [0.2, 0.25) is 0 Å². The molecular weight excluding hydrogens is 570 g/mol. The molecule has 0 radical (unpaired) electrons. The van der Waals surface area contributed by atoms with Crippen LogP contribution in [0, 0.1) is 23.7 Å². The zero-order valence-electron chi connectivity index (χ0n) is 30.5. The zero-order valence-corrected chi connectivity index (χ0v) is 28.5. The lowest BCUT2D eigenvalue weighted by Crippen LogP contribution is -2.59. The zero-order chi connectivity index (χ0) is 35.4. The van der Waals surface area contributed by atoms with E-state index in [-0.39, 0.29) is 55.8 Å². The number of likely N-dealkylation sites (N-methyl/N-ethyl adjacent to an activating group) is 2. The third-order valence-corrected chi connectivity index (χ3v) is 7.87. The van der Waals surface area contributed by atoms with E-state index in [1.165, 1.54) is 4.90 Å². The van der Waals surface area contributed by atoms with E-state index in [2.05, 4.69) is 16.0 Å². The Balaban J connectivity index is 2.81. The van der Waals surface area contributed by atoms with Gasteiger partial charge in [0.2, 0.25) is 29.5 Å². The van der Waals surface area contributed by atoms with Crippen molar-refractivity contribution in [2.24, 2.45) is 23.7 Å². The second-order valence-corrected chi connectivity index (χ2v) is 14.0. The molecular formula is C35H57N5O5. The van der Waals surface area contributed by atoms with Crippen molar-refractivity contribution < 1.29 is 26.7 Å². The maximum Gasteiger partial charge on any atom is 0.245 e. The second-order valence-electron chi connectivity index (χ2n) is 14.0. The molecule has 5 amide bonds. The van der Waals surface area contributed by atoms with E-state index in [1.807, 2.05) is 85.7 Å². The molecule has 1 aromatic rings. The highest BCUT2D eigenvalue weighted by Gasteiger charge is 2.39. The van der Waals surface area contributed by atoms with Crippen molar-refractivity contribution in [3.8, 4) is 0 Å². The number of amides is 5. The molecule has 1 aliphatic heterocycles. The molecule has 1 aliphatic rings. The van der Waals surface area contributed by atoms with Gasteiger partial charge in [0.05, 0.1) is 0 Å². The minimum Gasteiger partial charge on any atom is -0.343 e.